The Morgan fingerprint density at radius 3 is 2.13 bits per heavy atom. The third-order valence-electron chi connectivity index (χ3n) is 2.88. The molecular formula is C15H11Cl5N2O. The Kier molecular flexibility index (Phi) is 6.29. The summed E-state index contributed by atoms with van der Waals surface area (Å²) in [5, 5.41) is 6.43. The van der Waals surface area contributed by atoms with E-state index in [1.165, 1.54) is 0 Å². The molecule has 0 aliphatic rings. The number of hydrogen-bond acceptors (Lipinski definition) is 2. The highest BCUT2D eigenvalue weighted by Crippen LogP contribution is 2.31. The molecule has 2 N–H and O–H groups in total. The zero-order valence-corrected chi connectivity index (χ0v) is 15.3. The molecular weight excluding hydrogens is 401 g/mol. The minimum Gasteiger partial charge on any atom is -0.362 e. The number of rotatable bonds is 4. The van der Waals surface area contributed by atoms with E-state index in [-0.39, 0.29) is 5.56 Å². The fourth-order valence-electron chi connectivity index (χ4n) is 1.77. The zero-order chi connectivity index (χ0) is 17.0. The molecule has 3 nitrogen and oxygen atoms in total. The van der Waals surface area contributed by atoms with Crippen LogP contribution in [0.15, 0.2) is 48.5 Å². The predicted octanol–water partition coefficient (Wildman–Crippen LogP) is 5.53. The summed E-state index contributed by atoms with van der Waals surface area (Å²) < 4.78 is -1.78. The van der Waals surface area contributed by atoms with Gasteiger partial charge in [-0.1, -0.05) is 70.1 Å². The van der Waals surface area contributed by atoms with Crippen LogP contribution in [0.3, 0.4) is 0 Å². The van der Waals surface area contributed by atoms with Gasteiger partial charge in [-0.15, -0.1) is 0 Å². The minimum atomic E-state index is -1.78. The van der Waals surface area contributed by atoms with Crippen LogP contribution in [0, 0.1) is 0 Å². The first-order valence-corrected chi connectivity index (χ1v) is 8.30. The van der Waals surface area contributed by atoms with Gasteiger partial charge >= 0.3 is 0 Å². The maximum atomic E-state index is 12.3. The fraction of sp³-hybridized carbons (Fsp3) is 0.133. The molecule has 122 valence electrons. The van der Waals surface area contributed by atoms with Gasteiger partial charge in [0.05, 0.1) is 10.6 Å². The number of carbonyl (C=O) groups excluding carboxylic acids is 1. The first-order chi connectivity index (χ1) is 10.8. The molecule has 0 heterocycles. The second kappa shape index (κ2) is 7.82. The molecule has 8 heteroatoms. The molecule has 23 heavy (non-hydrogen) atoms. The van der Waals surface area contributed by atoms with Crippen LogP contribution >= 0.6 is 58.0 Å². The van der Waals surface area contributed by atoms with E-state index in [0.717, 1.165) is 0 Å². The van der Waals surface area contributed by atoms with Crippen LogP contribution in [0.2, 0.25) is 10.0 Å². The van der Waals surface area contributed by atoms with Gasteiger partial charge in [0.2, 0.25) is 3.79 Å². The lowest BCUT2D eigenvalue weighted by atomic mass is 10.2. The van der Waals surface area contributed by atoms with E-state index in [1.54, 1.807) is 48.5 Å². The molecule has 1 atom stereocenters. The summed E-state index contributed by atoms with van der Waals surface area (Å²) in [7, 11) is 0. The van der Waals surface area contributed by atoms with Crippen molar-refractivity contribution in [2.45, 2.75) is 9.96 Å². The van der Waals surface area contributed by atoms with Gasteiger partial charge in [-0.3, -0.25) is 4.79 Å². The average molecular weight is 413 g/mol. The van der Waals surface area contributed by atoms with Crippen molar-refractivity contribution in [1.82, 2.24) is 5.32 Å². The van der Waals surface area contributed by atoms with Gasteiger partial charge in [-0.25, -0.2) is 0 Å². The second-order valence-corrected chi connectivity index (χ2v) is 7.79. The monoisotopic (exact) mass is 410 g/mol. The Morgan fingerprint density at radius 1 is 0.957 bits per heavy atom. The summed E-state index contributed by atoms with van der Waals surface area (Å²) in [5.41, 5.74) is 0.913. The molecule has 0 unspecified atom stereocenters. The first-order valence-electron chi connectivity index (χ1n) is 6.41. The van der Waals surface area contributed by atoms with E-state index < -0.39 is 15.9 Å². The van der Waals surface area contributed by atoms with Crippen LogP contribution in [-0.2, 0) is 0 Å². The number of benzene rings is 2. The molecule has 2 rings (SSSR count). The van der Waals surface area contributed by atoms with Gasteiger partial charge in [-0.2, -0.15) is 0 Å². The third-order valence-corrected chi connectivity index (χ3v) is 4.11. The third kappa shape index (κ3) is 5.33. The van der Waals surface area contributed by atoms with E-state index >= 15 is 0 Å². The summed E-state index contributed by atoms with van der Waals surface area (Å²) in [4.78, 5) is 12.3. The number of anilines is 1. The maximum Gasteiger partial charge on any atom is 0.254 e. The molecule has 0 aliphatic heterocycles. The van der Waals surface area contributed by atoms with Crippen LogP contribution in [0.4, 0.5) is 5.69 Å². The van der Waals surface area contributed by atoms with Crippen molar-refractivity contribution in [2.75, 3.05) is 5.32 Å². The molecule has 0 spiro atoms. The summed E-state index contributed by atoms with van der Waals surface area (Å²) in [6.07, 6.45) is -0.975. The zero-order valence-electron chi connectivity index (χ0n) is 11.5. The van der Waals surface area contributed by atoms with Gasteiger partial charge in [0.1, 0.15) is 6.17 Å². The number of carbonyl (C=O) groups is 1. The van der Waals surface area contributed by atoms with E-state index in [1.807, 2.05) is 0 Å². The Morgan fingerprint density at radius 2 is 1.57 bits per heavy atom. The second-order valence-electron chi connectivity index (χ2n) is 4.58. The molecule has 0 saturated heterocycles. The van der Waals surface area contributed by atoms with Crippen LogP contribution in [0.1, 0.15) is 10.4 Å². The molecule has 0 bridgehead atoms. The Balaban J connectivity index is 2.18. The van der Waals surface area contributed by atoms with Gasteiger partial charge in [-0.05, 0) is 36.4 Å². The van der Waals surface area contributed by atoms with E-state index in [4.69, 9.17) is 58.0 Å². The summed E-state index contributed by atoms with van der Waals surface area (Å²) in [5.74, 6) is -0.464. The number of halogens is 5. The first kappa shape index (κ1) is 18.5. The van der Waals surface area contributed by atoms with Crippen LogP contribution in [-0.4, -0.2) is 15.9 Å². The van der Waals surface area contributed by atoms with Crippen molar-refractivity contribution >= 4 is 69.6 Å². The largest absolute Gasteiger partial charge is 0.362 e. The SMILES string of the molecule is O=C(N[C@@H](Nc1ccc(Cl)cc1)C(Cl)(Cl)Cl)c1ccccc1Cl. The summed E-state index contributed by atoms with van der Waals surface area (Å²) in [6.45, 7) is 0. The Hall–Kier alpha value is -0.840. The van der Waals surface area contributed by atoms with Crippen LogP contribution < -0.4 is 10.6 Å². The number of amides is 1. The molecule has 0 aromatic heterocycles. The van der Waals surface area contributed by atoms with Crippen molar-refractivity contribution in [2.24, 2.45) is 0 Å². The highest BCUT2D eigenvalue weighted by Gasteiger charge is 2.34. The Labute approximate surface area is 158 Å². The number of hydrogen-bond donors (Lipinski definition) is 2. The van der Waals surface area contributed by atoms with Crippen molar-refractivity contribution in [1.29, 1.82) is 0 Å². The maximum absolute atomic E-state index is 12.3. The molecule has 0 radical (unpaired) electrons. The standard InChI is InChI=1S/C15H11Cl5N2O/c16-9-5-7-10(8-6-9)21-14(15(18,19)20)22-13(23)11-3-1-2-4-12(11)17/h1-8,14,21H,(H,22,23)/t14-/m1/s1. The van der Waals surface area contributed by atoms with E-state index in [0.29, 0.717) is 15.7 Å². The number of nitrogens with one attached hydrogen (secondary N) is 2. The highest BCUT2D eigenvalue weighted by atomic mass is 35.6. The predicted molar refractivity (Wildman–Crippen MR) is 98.1 cm³/mol. The lowest BCUT2D eigenvalue weighted by Gasteiger charge is -2.27. The normalized spacial score (nSPS) is 12.6. The quantitative estimate of drug-likeness (QED) is 0.512. The lowest BCUT2D eigenvalue weighted by molar-refractivity contribution is 0.0942. The van der Waals surface area contributed by atoms with Crippen molar-refractivity contribution in [3.63, 3.8) is 0 Å². The smallest absolute Gasteiger partial charge is 0.254 e. The number of alkyl halides is 3. The molecule has 0 saturated carbocycles. The van der Waals surface area contributed by atoms with Crippen molar-refractivity contribution in [3.8, 4) is 0 Å². The summed E-state index contributed by atoms with van der Waals surface area (Å²) in [6, 6.07) is 13.4. The fourth-order valence-corrected chi connectivity index (χ4v) is 2.44. The van der Waals surface area contributed by atoms with Crippen LogP contribution in [0.5, 0.6) is 0 Å². The average Bonchev–Trinajstić information content (AvgIpc) is 2.48. The topological polar surface area (TPSA) is 41.1 Å². The van der Waals surface area contributed by atoms with Gasteiger partial charge < -0.3 is 10.6 Å². The minimum absolute atomic E-state index is 0.284. The van der Waals surface area contributed by atoms with Gasteiger partial charge in [0, 0.05) is 10.7 Å². The van der Waals surface area contributed by atoms with E-state index in [9.17, 15) is 4.79 Å². The molecule has 2 aromatic carbocycles. The Bertz CT molecular complexity index is 685. The summed E-state index contributed by atoms with van der Waals surface area (Å²) >= 11 is 29.7. The van der Waals surface area contributed by atoms with Gasteiger partial charge in [0.25, 0.3) is 5.91 Å². The van der Waals surface area contributed by atoms with Crippen molar-refractivity contribution in [3.05, 3.63) is 64.1 Å². The van der Waals surface area contributed by atoms with E-state index in [2.05, 4.69) is 10.6 Å². The molecule has 1 amide bonds. The molecule has 2 aromatic rings. The lowest BCUT2D eigenvalue weighted by Crippen LogP contribution is -2.49. The highest BCUT2D eigenvalue weighted by molar-refractivity contribution is 6.68. The molecule has 0 fully saturated rings. The van der Waals surface area contributed by atoms with Gasteiger partial charge in [0.15, 0.2) is 0 Å². The molecule has 0 aliphatic carbocycles. The van der Waals surface area contributed by atoms with Crippen LogP contribution in [0.25, 0.3) is 0 Å². The van der Waals surface area contributed by atoms with Crippen molar-refractivity contribution < 1.29 is 4.79 Å².